The first-order valence-electron chi connectivity index (χ1n) is 4.89. The summed E-state index contributed by atoms with van der Waals surface area (Å²) < 4.78 is 5.28. The summed E-state index contributed by atoms with van der Waals surface area (Å²) in [6.45, 7) is 5.35. The van der Waals surface area contributed by atoms with Crippen LogP contribution in [-0.4, -0.2) is 29.2 Å². The van der Waals surface area contributed by atoms with Gasteiger partial charge >= 0.3 is 0 Å². The standard InChI is InChI=1S/C9H17N5O/c1-3-15-5-7(2)13-8-4-9(14-10)12-6-11-8/h4,6-7H,3,5,10H2,1-2H3,(H2,11,12,13,14). The van der Waals surface area contributed by atoms with Crippen LogP contribution in [0.15, 0.2) is 12.4 Å². The summed E-state index contributed by atoms with van der Waals surface area (Å²) in [7, 11) is 0. The van der Waals surface area contributed by atoms with Crippen LogP contribution >= 0.6 is 0 Å². The summed E-state index contributed by atoms with van der Waals surface area (Å²) in [4.78, 5) is 7.97. The number of hydrogen-bond acceptors (Lipinski definition) is 6. The van der Waals surface area contributed by atoms with Crippen LogP contribution in [0.25, 0.3) is 0 Å². The van der Waals surface area contributed by atoms with Crippen molar-refractivity contribution in [1.82, 2.24) is 9.97 Å². The van der Waals surface area contributed by atoms with E-state index in [0.29, 0.717) is 19.0 Å². The number of aromatic nitrogens is 2. The average Bonchev–Trinajstić information content (AvgIpc) is 2.26. The molecule has 1 aromatic rings. The highest BCUT2D eigenvalue weighted by molar-refractivity contribution is 5.45. The lowest BCUT2D eigenvalue weighted by Crippen LogP contribution is -2.22. The third-order valence-electron chi connectivity index (χ3n) is 1.78. The molecule has 0 aromatic carbocycles. The van der Waals surface area contributed by atoms with Gasteiger partial charge in [0.05, 0.1) is 6.61 Å². The molecule has 6 nitrogen and oxygen atoms in total. The predicted molar refractivity (Wildman–Crippen MR) is 59.4 cm³/mol. The van der Waals surface area contributed by atoms with Gasteiger partial charge in [-0.1, -0.05) is 0 Å². The van der Waals surface area contributed by atoms with E-state index in [1.807, 2.05) is 13.8 Å². The van der Waals surface area contributed by atoms with Crippen LogP contribution < -0.4 is 16.6 Å². The SMILES string of the molecule is CCOCC(C)Nc1cc(NN)ncn1. The molecule has 0 spiro atoms. The molecule has 0 bridgehead atoms. The van der Waals surface area contributed by atoms with Gasteiger partial charge in [0.15, 0.2) is 0 Å². The molecule has 0 amide bonds. The summed E-state index contributed by atoms with van der Waals surface area (Å²) in [5, 5.41) is 3.18. The highest BCUT2D eigenvalue weighted by atomic mass is 16.5. The van der Waals surface area contributed by atoms with E-state index in [9.17, 15) is 0 Å². The average molecular weight is 211 g/mol. The number of nitrogens with two attached hydrogens (primary N) is 1. The van der Waals surface area contributed by atoms with Crippen LogP contribution in [-0.2, 0) is 4.74 Å². The second kappa shape index (κ2) is 6.15. The Kier molecular flexibility index (Phi) is 4.79. The molecule has 84 valence electrons. The van der Waals surface area contributed by atoms with E-state index in [2.05, 4.69) is 20.7 Å². The molecule has 0 aliphatic heterocycles. The van der Waals surface area contributed by atoms with Crippen LogP contribution in [0.4, 0.5) is 11.6 Å². The summed E-state index contributed by atoms with van der Waals surface area (Å²) in [6, 6.07) is 1.94. The summed E-state index contributed by atoms with van der Waals surface area (Å²) in [5.74, 6) is 6.54. The number of rotatable bonds is 6. The Morgan fingerprint density at radius 1 is 1.47 bits per heavy atom. The Bertz CT molecular complexity index is 294. The van der Waals surface area contributed by atoms with Crippen molar-refractivity contribution in [2.45, 2.75) is 19.9 Å². The van der Waals surface area contributed by atoms with Gasteiger partial charge in [-0.3, -0.25) is 0 Å². The molecule has 1 heterocycles. The molecular weight excluding hydrogens is 194 g/mol. The van der Waals surface area contributed by atoms with Gasteiger partial charge in [0.1, 0.15) is 18.0 Å². The Balaban J connectivity index is 2.48. The molecule has 1 atom stereocenters. The molecule has 6 heteroatoms. The molecule has 0 aliphatic carbocycles. The number of nitrogens with one attached hydrogen (secondary N) is 2. The molecule has 1 unspecified atom stereocenters. The maximum Gasteiger partial charge on any atom is 0.145 e. The summed E-state index contributed by atoms with van der Waals surface area (Å²) >= 11 is 0. The van der Waals surface area contributed by atoms with Crippen LogP contribution in [0.1, 0.15) is 13.8 Å². The van der Waals surface area contributed by atoms with E-state index in [1.165, 1.54) is 6.33 Å². The quantitative estimate of drug-likeness (QED) is 0.472. The minimum atomic E-state index is 0.200. The largest absolute Gasteiger partial charge is 0.380 e. The van der Waals surface area contributed by atoms with Crippen molar-refractivity contribution in [3.8, 4) is 0 Å². The molecule has 0 radical (unpaired) electrons. The van der Waals surface area contributed by atoms with Gasteiger partial charge in [-0.05, 0) is 13.8 Å². The van der Waals surface area contributed by atoms with E-state index in [0.717, 1.165) is 5.82 Å². The van der Waals surface area contributed by atoms with Gasteiger partial charge in [-0.25, -0.2) is 15.8 Å². The number of hydrogen-bond donors (Lipinski definition) is 3. The predicted octanol–water partition coefficient (Wildman–Crippen LogP) is 0.599. The van der Waals surface area contributed by atoms with Crippen molar-refractivity contribution >= 4 is 11.6 Å². The highest BCUT2D eigenvalue weighted by Gasteiger charge is 2.03. The Hall–Kier alpha value is -1.40. The number of anilines is 2. The minimum Gasteiger partial charge on any atom is -0.380 e. The zero-order valence-electron chi connectivity index (χ0n) is 9.03. The maximum atomic E-state index is 5.28. The van der Waals surface area contributed by atoms with Crippen molar-refractivity contribution in [2.24, 2.45) is 5.84 Å². The maximum absolute atomic E-state index is 5.28. The lowest BCUT2D eigenvalue weighted by Gasteiger charge is -2.14. The molecule has 4 N–H and O–H groups in total. The van der Waals surface area contributed by atoms with Gasteiger partial charge in [0.2, 0.25) is 0 Å². The van der Waals surface area contributed by atoms with Gasteiger partial charge < -0.3 is 15.5 Å². The fourth-order valence-corrected chi connectivity index (χ4v) is 1.10. The van der Waals surface area contributed by atoms with Crippen LogP contribution in [0.5, 0.6) is 0 Å². The summed E-state index contributed by atoms with van der Waals surface area (Å²) in [5.41, 5.74) is 2.46. The normalized spacial score (nSPS) is 12.2. The van der Waals surface area contributed by atoms with E-state index in [4.69, 9.17) is 10.6 Å². The van der Waals surface area contributed by atoms with E-state index in [1.54, 1.807) is 6.07 Å². The van der Waals surface area contributed by atoms with Gasteiger partial charge in [0.25, 0.3) is 0 Å². The van der Waals surface area contributed by atoms with Crippen molar-refractivity contribution in [3.05, 3.63) is 12.4 Å². The number of nitrogens with zero attached hydrogens (tertiary/aromatic N) is 2. The van der Waals surface area contributed by atoms with Crippen molar-refractivity contribution in [1.29, 1.82) is 0 Å². The number of nitrogen functional groups attached to an aromatic ring is 1. The Labute approximate surface area is 89.2 Å². The van der Waals surface area contributed by atoms with Gasteiger partial charge in [-0.15, -0.1) is 0 Å². The second-order valence-electron chi connectivity index (χ2n) is 3.14. The Morgan fingerprint density at radius 3 is 2.87 bits per heavy atom. The zero-order chi connectivity index (χ0) is 11.1. The van der Waals surface area contributed by atoms with Crippen molar-refractivity contribution in [2.75, 3.05) is 24.0 Å². The number of hydrazine groups is 1. The molecule has 1 aromatic heterocycles. The second-order valence-corrected chi connectivity index (χ2v) is 3.14. The van der Waals surface area contributed by atoms with Gasteiger partial charge in [0, 0.05) is 18.7 Å². The van der Waals surface area contributed by atoms with Crippen LogP contribution in [0, 0.1) is 0 Å². The van der Waals surface area contributed by atoms with E-state index < -0.39 is 0 Å². The van der Waals surface area contributed by atoms with Crippen molar-refractivity contribution in [3.63, 3.8) is 0 Å². The van der Waals surface area contributed by atoms with Crippen molar-refractivity contribution < 1.29 is 4.74 Å². The molecule has 0 aliphatic rings. The number of ether oxygens (including phenoxy) is 1. The molecule has 1 rings (SSSR count). The highest BCUT2D eigenvalue weighted by Crippen LogP contribution is 2.08. The molecule has 0 saturated heterocycles. The topological polar surface area (TPSA) is 85.1 Å². The van der Waals surface area contributed by atoms with Gasteiger partial charge in [-0.2, -0.15) is 0 Å². The fourth-order valence-electron chi connectivity index (χ4n) is 1.10. The first-order chi connectivity index (χ1) is 7.26. The first-order valence-corrected chi connectivity index (χ1v) is 4.89. The first kappa shape index (κ1) is 11.7. The minimum absolute atomic E-state index is 0.200. The Morgan fingerprint density at radius 2 is 2.20 bits per heavy atom. The zero-order valence-corrected chi connectivity index (χ0v) is 9.03. The lowest BCUT2D eigenvalue weighted by atomic mass is 10.3. The fraction of sp³-hybridized carbons (Fsp3) is 0.556. The van der Waals surface area contributed by atoms with E-state index >= 15 is 0 Å². The summed E-state index contributed by atoms with van der Waals surface area (Å²) in [6.07, 6.45) is 1.45. The smallest absolute Gasteiger partial charge is 0.145 e. The molecule has 0 fully saturated rings. The van der Waals surface area contributed by atoms with Crippen LogP contribution in [0.3, 0.4) is 0 Å². The monoisotopic (exact) mass is 211 g/mol. The molecule has 0 saturated carbocycles. The van der Waals surface area contributed by atoms with E-state index in [-0.39, 0.29) is 6.04 Å². The molecular formula is C9H17N5O. The third kappa shape index (κ3) is 4.09. The third-order valence-corrected chi connectivity index (χ3v) is 1.78. The lowest BCUT2D eigenvalue weighted by molar-refractivity contribution is 0.141. The molecule has 15 heavy (non-hydrogen) atoms. The van der Waals surface area contributed by atoms with Crippen LogP contribution in [0.2, 0.25) is 0 Å².